The molecule has 2 unspecified atom stereocenters. The monoisotopic (exact) mass is 265 g/mol. The maximum Gasteiger partial charge on any atom is 0.0402 e. The molecule has 0 fully saturated rings. The number of benzene rings is 2. The van der Waals surface area contributed by atoms with Crippen molar-refractivity contribution in [1.82, 2.24) is 0 Å². The third-order valence-electron chi connectivity index (χ3n) is 4.80. The van der Waals surface area contributed by atoms with E-state index >= 15 is 0 Å². The van der Waals surface area contributed by atoms with Crippen molar-refractivity contribution >= 4 is 5.69 Å². The summed E-state index contributed by atoms with van der Waals surface area (Å²) in [6.45, 7) is 4.55. The number of hydrogen-bond acceptors (Lipinski definition) is 1. The predicted molar refractivity (Wildman–Crippen MR) is 86.6 cm³/mol. The minimum atomic E-state index is 0.568. The van der Waals surface area contributed by atoms with E-state index in [9.17, 15) is 0 Å². The van der Waals surface area contributed by atoms with E-state index in [0.29, 0.717) is 12.0 Å². The summed E-state index contributed by atoms with van der Waals surface area (Å²) in [6.07, 6.45) is 2.25. The van der Waals surface area contributed by atoms with Gasteiger partial charge in [-0.25, -0.2) is 0 Å². The van der Waals surface area contributed by atoms with Crippen LogP contribution >= 0.6 is 0 Å². The molecule has 1 heterocycles. The van der Waals surface area contributed by atoms with Crippen LogP contribution in [0.3, 0.4) is 0 Å². The van der Waals surface area contributed by atoms with Crippen LogP contribution in [0.25, 0.3) is 0 Å². The molecule has 1 nitrogen and oxygen atoms in total. The summed E-state index contributed by atoms with van der Waals surface area (Å²) in [5.74, 6) is 0.601. The molecule has 1 aliphatic rings. The molecule has 3 rings (SSSR count). The second-order valence-corrected chi connectivity index (χ2v) is 5.89. The molecular formula is C19H23N. The molecule has 2 aromatic rings. The zero-order valence-corrected chi connectivity index (χ0v) is 12.6. The fraction of sp³-hybridized carbons (Fsp3) is 0.368. The van der Waals surface area contributed by atoms with Crippen molar-refractivity contribution in [2.24, 2.45) is 0 Å². The summed E-state index contributed by atoms with van der Waals surface area (Å²) in [4.78, 5) is 2.42. The second-order valence-electron chi connectivity index (χ2n) is 5.89. The molecule has 0 saturated heterocycles. The van der Waals surface area contributed by atoms with E-state index in [0.717, 1.165) is 12.8 Å². The van der Waals surface area contributed by atoms with E-state index in [1.165, 1.54) is 22.4 Å². The zero-order valence-electron chi connectivity index (χ0n) is 12.6. The van der Waals surface area contributed by atoms with Crippen LogP contribution in [-0.2, 0) is 12.8 Å². The lowest BCUT2D eigenvalue weighted by molar-refractivity contribution is 0.580. The molecule has 2 atom stereocenters. The van der Waals surface area contributed by atoms with Gasteiger partial charge in [0.1, 0.15) is 0 Å². The molecule has 0 saturated carbocycles. The summed E-state index contributed by atoms with van der Waals surface area (Å²) < 4.78 is 0. The first-order chi connectivity index (χ1) is 9.70. The molecule has 0 amide bonds. The molecule has 0 radical (unpaired) electrons. The van der Waals surface area contributed by atoms with Gasteiger partial charge < -0.3 is 4.90 Å². The number of anilines is 1. The fourth-order valence-electron chi connectivity index (χ4n) is 3.32. The van der Waals surface area contributed by atoms with Crippen molar-refractivity contribution in [1.29, 1.82) is 0 Å². The Labute approximate surface area is 122 Å². The van der Waals surface area contributed by atoms with Crippen LogP contribution in [0.1, 0.15) is 36.5 Å². The van der Waals surface area contributed by atoms with E-state index in [1.807, 2.05) is 0 Å². The molecule has 20 heavy (non-hydrogen) atoms. The molecule has 0 N–H and O–H groups in total. The first kappa shape index (κ1) is 13.2. The Morgan fingerprint density at radius 1 is 0.950 bits per heavy atom. The average Bonchev–Trinajstić information content (AvgIpc) is 2.74. The van der Waals surface area contributed by atoms with Crippen LogP contribution in [0.5, 0.6) is 0 Å². The summed E-state index contributed by atoms with van der Waals surface area (Å²) >= 11 is 0. The highest BCUT2D eigenvalue weighted by atomic mass is 15.2. The topological polar surface area (TPSA) is 3.24 Å². The van der Waals surface area contributed by atoms with Crippen LogP contribution in [-0.4, -0.2) is 13.1 Å². The van der Waals surface area contributed by atoms with Gasteiger partial charge >= 0.3 is 0 Å². The van der Waals surface area contributed by atoms with Gasteiger partial charge in [-0.3, -0.25) is 0 Å². The number of nitrogens with zero attached hydrogens (tertiary/aromatic N) is 1. The van der Waals surface area contributed by atoms with Gasteiger partial charge in [0.2, 0.25) is 0 Å². The smallest absolute Gasteiger partial charge is 0.0402 e. The lowest BCUT2D eigenvalue weighted by Gasteiger charge is -2.23. The van der Waals surface area contributed by atoms with E-state index in [2.05, 4.69) is 74.3 Å². The largest absolute Gasteiger partial charge is 0.371 e. The van der Waals surface area contributed by atoms with Gasteiger partial charge in [-0.05, 0) is 42.5 Å². The van der Waals surface area contributed by atoms with Crippen molar-refractivity contribution in [2.45, 2.75) is 38.6 Å². The van der Waals surface area contributed by atoms with Gasteiger partial charge in [0.05, 0.1) is 0 Å². The number of likely N-dealkylation sites (N-methyl/N-ethyl adjacent to an activating group) is 1. The molecule has 1 aliphatic heterocycles. The van der Waals surface area contributed by atoms with Gasteiger partial charge in [0.15, 0.2) is 0 Å². The quantitative estimate of drug-likeness (QED) is 0.794. The zero-order chi connectivity index (χ0) is 14.1. The summed E-state index contributed by atoms with van der Waals surface area (Å²) in [7, 11) is 2.21. The van der Waals surface area contributed by atoms with Gasteiger partial charge in [0.25, 0.3) is 0 Å². The predicted octanol–water partition coefficient (Wildman–Crippen LogP) is 4.41. The van der Waals surface area contributed by atoms with Gasteiger partial charge in [-0.2, -0.15) is 0 Å². The van der Waals surface area contributed by atoms with Crippen molar-refractivity contribution in [3.8, 4) is 0 Å². The molecule has 0 spiro atoms. The van der Waals surface area contributed by atoms with Gasteiger partial charge in [0, 0.05) is 24.7 Å². The molecule has 2 aromatic carbocycles. The Hall–Kier alpha value is -1.76. The number of fused-ring (bicyclic) bond motifs is 1. The van der Waals surface area contributed by atoms with E-state index < -0.39 is 0 Å². The number of aryl methyl sites for hydroxylation is 1. The van der Waals surface area contributed by atoms with Crippen LogP contribution in [0.15, 0.2) is 48.5 Å². The van der Waals surface area contributed by atoms with Crippen LogP contribution in [0.2, 0.25) is 0 Å². The SMILES string of the molecule is CCc1ccc(CC2c3ccccc3N(C)C2C)cc1. The van der Waals surface area contributed by atoms with Crippen LogP contribution in [0, 0.1) is 0 Å². The van der Waals surface area contributed by atoms with Crippen molar-refractivity contribution < 1.29 is 0 Å². The maximum atomic E-state index is 2.42. The normalized spacial score (nSPS) is 21.1. The molecular weight excluding hydrogens is 242 g/mol. The third kappa shape index (κ3) is 2.22. The van der Waals surface area contributed by atoms with Gasteiger partial charge in [-0.15, -0.1) is 0 Å². The highest BCUT2D eigenvalue weighted by Crippen LogP contribution is 2.41. The van der Waals surface area contributed by atoms with Crippen molar-refractivity contribution in [3.63, 3.8) is 0 Å². The highest BCUT2D eigenvalue weighted by Gasteiger charge is 2.32. The molecule has 0 aromatic heterocycles. The van der Waals surface area contributed by atoms with Crippen molar-refractivity contribution in [3.05, 3.63) is 65.2 Å². The summed E-state index contributed by atoms with van der Waals surface area (Å²) in [6, 6.07) is 18.5. The van der Waals surface area contributed by atoms with Crippen LogP contribution < -0.4 is 4.90 Å². The van der Waals surface area contributed by atoms with E-state index in [1.54, 1.807) is 0 Å². The van der Waals surface area contributed by atoms with Crippen molar-refractivity contribution in [2.75, 3.05) is 11.9 Å². The summed E-state index contributed by atoms with van der Waals surface area (Å²) in [5.41, 5.74) is 5.77. The Bertz CT molecular complexity index is 585. The Balaban J connectivity index is 1.86. The third-order valence-corrected chi connectivity index (χ3v) is 4.80. The molecule has 0 bridgehead atoms. The lowest BCUT2D eigenvalue weighted by atomic mass is 9.89. The van der Waals surface area contributed by atoms with Crippen LogP contribution in [0.4, 0.5) is 5.69 Å². The Morgan fingerprint density at radius 3 is 2.30 bits per heavy atom. The average molecular weight is 265 g/mol. The second kappa shape index (κ2) is 5.32. The first-order valence-electron chi connectivity index (χ1n) is 7.60. The van der Waals surface area contributed by atoms with Gasteiger partial charge in [-0.1, -0.05) is 49.4 Å². The minimum absolute atomic E-state index is 0.568. The molecule has 104 valence electrons. The van der Waals surface area contributed by atoms with E-state index in [-0.39, 0.29) is 0 Å². The van der Waals surface area contributed by atoms with E-state index in [4.69, 9.17) is 0 Å². The first-order valence-corrected chi connectivity index (χ1v) is 7.60. The Kier molecular flexibility index (Phi) is 3.52. The Morgan fingerprint density at radius 2 is 1.60 bits per heavy atom. The number of rotatable bonds is 3. The standard InChI is InChI=1S/C19H23N/c1-4-15-9-11-16(12-10-15)13-18-14(2)20(3)19-8-6-5-7-17(18)19/h5-12,14,18H,4,13H2,1-3H3. The lowest BCUT2D eigenvalue weighted by Crippen LogP contribution is -2.28. The highest BCUT2D eigenvalue weighted by molar-refractivity contribution is 5.61. The molecule has 1 heteroatoms. The summed E-state index contributed by atoms with van der Waals surface area (Å²) in [5, 5.41) is 0. The number of hydrogen-bond donors (Lipinski definition) is 0. The maximum absolute atomic E-state index is 2.42. The number of para-hydroxylation sites is 1. The fourth-order valence-corrected chi connectivity index (χ4v) is 3.32. The minimum Gasteiger partial charge on any atom is -0.371 e. The molecule has 0 aliphatic carbocycles.